The third kappa shape index (κ3) is 5.20. The molecule has 1 heterocycles. The molecule has 144 valence electrons. The number of likely N-dealkylation sites (N-methyl/N-ethyl adjacent to an activating group) is 1. The number of methoxy groups -OCH3 is 1. The molecule has 0 radical (unpaired) electrons. The number of carbonyl (C=O) groups excluding carboxylic acids is 2. The maximum atomic E-state index is 12.7. The lowest BCUT2D eigenvalue weighted by molar-refractivity contribution is -0.140. The lowest BCUT2D eigenvalue weighted by Crippen LogP contribution is -2.47. The second kappa shape index (κ2) is 8.53. The van der Waals surface area contributed by atoms with Crippen molar-refractivity contribution < 1.29 is 22.7 Å². The van der Waals surface area contributed by atoms with Crippen LogP contribution in [0.1, 0.15) is 25.8 Å². The van der Waals surface area contributed by atoms with Crippen LogP contribution in [0.5, 0.6) is 5.75 Å². The summed E-state index contributed by atoms with van der Waals surface area (Å²) in [5, 5.41) is 0. The smallest absolute Gasteiger partial charge is 0.242 e. The highest BCUT2D eigenvalue weighted by Gasteiger charge is 2.34. The highest BCUT2D eigenvalue weighted by molar-refractivity contribution is 7.91. The summed E-state index contributed by atoms with van der Waals surface area (Å²) >= 11 is 0. The van der Waals surface area contributed by atoms with Gasteiger partial charge in [0, 0.05) is 26.1 Å². The Balaban J connectivity index is 2.05. The molecule has 1 saturated heterocycles. The molecule has 2 amide bonds. The molecular formula is C18H26N2O5S. The van der Waals surface area contributed by atoms with Gasteiger partial charge in [-0.1, -0.05) is 12.1 Å². The zero-order valence-corrected chi connectivity index (χ0v) is 16.3. The van der Waals surface area contributed by atoms with Gasteiger partial charge in [-0.05, 0) is 31.0 Å². The van der Waals surface area contributed by atoms with Gasteiger partial charge in [-0.2, -0.15) is 0 Å². The van der Waals surface area contributed by atoms with E-state index in [-0.39, 0.29) is 35.9 Å². The fourth-order valence-electron chi connectivity index (χ4n) is 3.14. The molecule has 1 atom stereocenters. The second-order valence-electron chi connectivity index (χ2n) is 6.46. The Labute approximate surface area is 154 Å². The van der Waals surface area contributed by atoms with Crippen LogP contribution in [-0.4, -0.2) is 67.8 Å². The van der Waals surface area contributed by atoms with E-state index in [1.165, 1.54) is 11.8 Å². The Hall–Kier alpha value is -2.09. The summed E-state index contributed by atoms with van der Waals surface area (Å²) in [6, 6.07) is 7.00. The molecule has 26 heavy (non-hydrogen) atoms. The van der Waals surface area contributed by atoms with Crippen LogP contribution in [0, 0.1) is 0 Å². The molecule has 0 N–H and O–H groups in total. The lowest BCUT2D eigenvalue weighted by Gasteiger charge is -2.30. The summed E-state index contributed by atoms with van der Waals surface area (Å²) in [6.07, 6.45) is 0.459. The summed E-state index contributed by atoms with van der Waals surface area (Å²) in [5.74, 6) is 0.413. The van der Waals surface area contributed by atoms with E-state index in [0.717, 1.165) is 11.3 Å². The van der Waals surface area contributed by atoms with Gasteiger partial charge in [-0.15, -0.1) is 0 Å². The average molecular weight is 382 g/mol. The minimum absolute atomic E-state index is 0.00509. The van der Waals surface area contributed by atoms with Gasteiger partial charge in [-0.25, -0.2) is 8.42 Å². The highest BCUT2D eigenvalue weighted by atomic mass is 32.2. The van der Waals surface area contributed by atoms with Crippen molar-refractivity contribution in [1.29, 1.82) is 0 Å². The first kappa shape index (κ1) is 20.2. The lowest BCUT2D eigenvalue weighted by atomic mass is 10.2. The summed E-state index contributed by atoms with van der Waals surface area (Å²) in [6.45, 7) is 3.92. The minimum Gasteiger partial charge on any atom is -0.497 e. The standard InChI is InChI=1S/C18H26N2O5S/c1-4-20(16-9-10-26(23,24)13-16)18(22)12-19(14(2)21)11-15-5-7-17(25-3)8-6-15/h5-8,16H,4,9-13H2,1-3H3. The van der Waals surface area contributed by atoms with Crippen LogP contribution in [0.2, 0.25) is 0 Å². The van der Waals surface area contributed by atoms with E-state index < -0.39 is 9.84 Å². The molecule has 1 unspecified atom stereocenters. The van der Waals surface area contributed by atoms with Gasteiger partial charge in [0.15, 0.2) is 9.84 Å². The maximum absolute atomic E-state index is 12.7. The largest absolute Gasteiger partial charge is 0.497 e. The average Bonchev–Trinajstić information content (AvgIpc) is 2.95. The van der Waals surface area contributed by atoms with Crippen molar-refractivity contribution in [3.63, 3.8) is 0 Å². The van der Waals surface area contributed by atoms with Crippen LogP contribution in [-0.2, 0) is 26.0 Å². The molecule has 1 aromatic rings. The van der Waals surface area contributed by atoms with Gasteiger partial charge in [-0.3, -0.25) is 9.59 Å². The van der Waals surface area contributed by atoms with Crippen LogP contribution in [0.4, 0.5) is 0 Å². The summed E-state index contributed by atoms with van der Waals surface area (Å²) in [5.41, 5.74) is 0.889. The minimum atomic E-state index is -3.07. The first-order valence-corrected chi connectivity index (χ1v) is 10.5. The number of rotatable bonds is 7. The van der Waals surface area contributed by atoms with Crippen molar-refractivity contribution in [2.24, 2.45) is 0 Å². The number of benzene rings is 1. The van der Waals surface area contributed by atoms with Crippen molar-refractivity contribution in [2.45, 2.75) is 32.9 Å². The van der Waals surface area contributed by atoms with Crippen molar-refractivity contribution in [2.75, 3.05) is 31.7 Å². The first-order valence-electron chi connectivity index (χ1n) is 8.64. The van der Waals surface area contributed by atoms with Crippen LogP contribution >= 0.6 is 0 Å². The third-order valence-corrected chi connectivity index (χ3v) is 6.36. The molecule has 0 aliphatic carbocycles. The molecule has 1 aliphatic heterocycles. The van der Waals surface area contributed by atoms with Crippen molar-refractivity contribution in [3.05, 3.63) is 29.8 Å². The van der Waals surface area contributed by atoms with Crippen molar-refractivity contribution in [3.8, 4) is 5.75 Å². The van der Waals surface area contributed by atoms with Crippen LogP contribution < -0.4 is 4.74 Å². The van der Waals surface area contributed by atoms with Gasteiger partial charge in [0.05, 0.1) is 18.6 Å². The Bertz CT molecular complexity index is 745. The molecular weight excluding hydrogens is 356 g/mol. The molecule has 0 aromatic heterocycles. The van der Waals surface area contributed by atoms with Crippen molar-refractivity contribution >= 4 is 21.7 Å². The molecule has 2 rings (SSSR count). The van der Waals surface area contributed by atoms with E-state index in [0.29, 0.717) is 19.5 Å². The molecule has 0 bridgehead atoms. The quantitative estimate of drug-likeness (QED) is 0.705. The number of amides is 2. The maximum Gasteiger partial charge on any atom is 0.242 e. The monoisotopic (exact) mass is 382 g/mol. The third-order valence-electron chi connectivity index (χ3n) is 4.61. The summed E-state index contributed by atoms with van der Waals surface area (Å²) < 4.78 is 28.5. The zero-order valence-electron chi connectivity index (χ0n) is 15.5. The van der Waals surface area contributed by atoms with E-state index in [2.05, 4.69) is 0 Å². The fraction of sp³-hybridized carbons (Fsp3) is 0.556. The van der Waals surface area contributed by atoms with E-state index >= 15 is 0 Å². The first-order chi connectivity index (χ1) is 12.3. The van der Waals surface area contributed by atoms with Gasteiger partial charge < -0.3 is 14.5 Å². The number of hydrogen-bond acceptors (Lipinski definition) is 5. The number of ether oxygens (including phenoxy) is 1. The Kier molecular flexibility index (Phi) is 6.63. The SMILES string of the molecule is CCN(C(=O)CN(Cc1ccc(OC)cc1)C(C)=O)C1CCS(=O)(=O)C1. The van der Waals surface area contributed by atoms with E-state index in [1.54, 1.807) is 24.1 Å². The van der Waals surface area contributed by atoms with Crippen LogP contribution in [0.25, 0.3) is 0 Å². The van der Waals surface area contributed by atoms with Gasteiger partial charge >= 0.3 is 0 Å². The molecule has 0 spiro atoms. The molecule has 7 nitrogen and oxygen atoms in total. The number of carbonyl (C=O) groups is 2. The number of nitrogens with zero attached hydrogens (tertiary/aromatic N) is 2. The summed E-state index contributed by atoms with van der Waals surface area (Å²) in [4.78, 5) is 27.7. The Morgan fingerprint density at radius 1 is 1.23 bits per heavy atom. The van der Waals surface area contributed by atoms with Gasteiger partial charge in [0.2, 0.25) is 11.8 Å². The molecule has 1 aromatic carbocycles. The zero-order chi connectivity index (χ0) is 19.3. The predicted octanol–water partition coefficient (Wildman–Crippen LogP) is 1.08. The van der Waals surface area contributed by atoms with Crippen molar-refractivity contribution in [1.82, 2.24) is 9.80 Å². The van der Waals surface area contributed by atoms with E-state index in [4.69, 9.17) is 4.74 Å². The molecule has 0 saturated carbocycles. The Morgan fingerprint density at radius 2 is 1.88 bits per heavy atom. The van der Waals surface area contributed by atoms with Gasteiger partial charge in [0.25, 0.3) is 0 Å². The normalized spacial score (nSPS) is 18.3. The highest BCUT2D eigenvalue weighted by Crippen LogP contribution is 2.19. The van der Waals surface area contributed by atoms with Gasteiger partial charge in [0.1, 0.15) is 12.3 Å². The topological polar surface area (TPSA) is 84.0 Å². The second-order valence-corrected chi connectivity index (χ2v) is 8.69. The van der Waals surface area contributed by atoms with Crippen LogP contribution in [0.15, 0.2) is 24.3 Å². The fourth-order valence-corrected chi connectivity index (χ4v) is 4.87. The molecule has 1 aliphatic rings. The van der Waals surface area contributed by atoms with E-state index in [9.17, 15) is 18.0 Å². The molecule has 1 fully saturated rings. The van der Waals surface area contributed by atoms with E-state index in [1.807, 2.05) is 19.1 Å². The summed E-state index contributed by atoms with van der Waals surface area (Å²) in [7, 11) is -1.49. The number of hydrogen-bond donors (Lipinski definition) is 0. The number of sulfone groups is 1. The predicted molar refractivity (Wildman–Crippen MR) is 98.5 cm³/mol. The molecule has 8 heteroatoms. The Morgan fingerprint density at radius 3 is 2.35 bits per heavy atom. The van der Waals surface area contributed by atoms with Crippen LogP contribution in [0.3, 0.4) is 0 Å².